The third-order valence-electron chi connectivity index (χ3n) is 3.14. The third kappa shape index (κ3) is 4.62. The molecular weight excluding hydrogens is 328 g/mol. The van der Waals surface area contributed by atoms with E-state index in [9.17, 15) is 9.00 Å². The Hall–Kier alpha value is -1.25. The van der Waals surface area contributed by atoms with E-state index in [1.54, 1.807) is 6.07 Å². The first-order chi connectivity index (χ1) is 10.3. The molecule has 1 fully saturated rings. The van der Waals surface area contributed by atoms with Gasteiger partial charge in [-0.25, -0.2) is 14.2 Å². The number of anilines is 1. The Morgan fingerprint density at radius 2 is 2.32 bits per heavy atom. The molecule has 122 valence electrons. The molecule has 0 aliphatic carbocycles. The fraction of sp³-hybridized carbons (Fsp3) is 0.615. The molecule has 2 atom stereocenters. The van der Waals surface area contributed by atoms with Crippen LogP contribution in [-0.2, 0) is 25.0 Å². The highest BCUT2D eigenvalue weighted by Crippen LogP contribution is 2.21. The van der Waals surface area contributed by atoms with Crippen molar-refractivity contribution in [1.82, 2.24) is 9.97 Å². The van der Waals surface area contributed by atoms with Crippen LogP contribution in [0.5, 0.6) is 0 Å². The van der Waals surface area contributed by atoms with Gasteiger partial charge in [-0.05, 0) is 18.5 Å². The summed E-state index contributed by atoms with van der Waals surface area (Å²) in [4.78, 5) is 21.4. The minimum atomic E-state index is -2.68. The van der Waals surface area contributed by atoms with E-state index >= 15 is 0 Å². The Bertz CT molecular complexity index is 688. The minimum absolute atomic E-state index is 0.0561. The second kappa shape index (κ2) is 6.89. The number of carbonyl (C=O) groups is 1. The lowest BCUT2D eigenvalue weighted by atomic mass is 10.2. The molecule has 0 unspecified atom stereocenters. The number of morpholine rings is 1. The third-order valence-corrected chi connectivity index (χ3v) is 4.78. The van der Waals surface area contributed by atoms with Crippen LogP contribution in [-0.4, -0.2) is 52.1 Å². The van der Waals surface area contributed by atoms with E-state index in [2.05, 4.69) is 19.2 Å². The van der Waals surface area contributed by atoms with E-state index in [4.69, 9.17) is 16.3 Å². The number of amides is 1. The van der Waals surface area contributed by atoms with Crippen LogP contribution >= 0.6 is 11.6 Å². The first-order valence-corrected chi connectivity index (χ1v) is 9.32. The molecule has 22 heavy (non-hydrogen) atoms. The molecule has 2 rings (SSSR count). The topological polar surface area (TPSA) is 84.8 Å². The van der Waals surface area contributed by atoms with Crippen LogP contribution in [0.25, 0.3) is 0 Å². The molecule has 1 aromatic rings. The second-order valence-corrected chi connectivity index (χ2v) is 8.05. The molecule has 0 radical (unpaired) electrons. The summed E-state index contributed by atoms with van der Waals surface area (Å²) < 4.78 is 21.3. The number of ether oxygens (including phenoxy) is 1. The fourth-order valence-corrected chi connectivity index (χ4v) is 3.82. The lowest BCUT2D eigenvalue weighted by Crippen LogP contribution is -2.44. The lowest BCUT2D eigenvalue weighted by molar-refractivity contribution is -0.115. The Balaban J connectivity index is 2.31. The molecule has 0 spiro atoms. The maximum atomic E-state index is 12.3. The molecular formula is C13H19ClN4O3S. The Kier molecular flexibility index (Phi) is 5.36. The van der Waals surface area contributed by atoms with Crippen molar-refractivity contribution in [1.29, 1.82) is 0 Å². The second-order valence-electron chi connectivity index (χ2n) is 5.32. The average Bonchev–Trinajstić information content (AvgIpc) is 2.35. The zero-order valence-electron chi connectivity index (χ0n) is 12.8. The molecule has 0 saturated carbocycles. The summed E-state index contributed by atoms with van der Waals surface area (Å²) in [6.45, 7) is 5.24. The van der Waals surface area contributed by atoms with Crippen LogP contribution < -0.4 is 4.90 Å². The molecule has 1 aromatic heterocycles. The summed E-state index contributed by atoms with van der Waals surface area (Å²) in [7, 11) is -2.68. The number of hydrogen-bond acceptors (Lipinski definition) is 6. The molecule has 1 saturated heterocycles. The zero-order chi connectivity index (χ0) is 16.3. The van der Waals surface area contributed by atoms with E-state index in [0.717, 1.165) is 0 Å². The number of nitrogens with zero attached hydrogens (tertiary/aromatic N) is 4. The average molecular weight is 347 g/mol. The van der Waals surface area contributed by atoms with Gasteiger partial charge in [-0.2, -0.15) is 4.36 Å². The summed E-state index contributed by atoms with van der Waals surface area (Å²) >= 11 is 5.98. The summed E-state index contributed by atoms with van der Waals surface area (Å²) in [6.07, 6.45) is 1.43. The summed E-state index contributed by atoms with van der Waals surface area (Å²) in [5.74, 6) is 0.263. The molecule has 0 aromatic carbocycles. The van der Waals surface area contributed by atoms with Crippen molar-refractivity contribution in [3.63, 3.8) is 0 Å². The SMILES string of the molecule is CC(=O)N=[S@](C)(=O)Cc1cc(N2CCOC[C@H]2C)nc(Cl)n1. The number of halogens is 1. The molecule has 1 aliphatic heterocycles. The van der Waals surface area contributed by atoms with Gasteiger partial charge in [0, 0.05) is 25.8 Å². The quantitative estimate of drug-likeness (QED) is 0.771. The lowest BCUT2D eigenvalue weighted by Gasteiger charge is -2.34. The number of hydrogen-bond donors (Lipinski definition) is 0. The van der Waals surface area contributed by atoms with Crippen molar-refractivity contribution in [3.8, 4) is 0 Å². The van der Waals surface area contributed by atoms with Crippen molar-refractivity contribution in [2.75, 3.05) is 30.9 Å². The van der Waals surface area contributed by atoms with Crippen LogP contribution in [0.2, 0.25) is 5.28 Å². The zero-order valence-corrected chi connectivity index (χ0v) is 14.4. The van der Waals surface area contributed by atoms with Gasteiger partial charge in [0.1, 0.15) is 5.82 Å². The summed E-state index contributed by atoms with van der Waals surface area (Å²) in [6, 6.07) is 1.91. The maximum absolute atomic E-state index is 12.3. The van der Waals surface area contributed by atoms with Gasteiger partial charge in [-0.15, -0.1) is 0 Å². The number of rotatable bonds is 3. The smallest absolute Gasteiger partial charge is 0.250 e. The first-order valence-electron chi connectivity index (χ1n) is 6.85. The van der Waals surface area contributed by atoms with Crippen molar-refractivity contribution in [2.45, 2.75) is 25.6 Å². The molecule has 0 bridgehead atoms. The van der Waals surface area contributed by atoms with Crippen molar-refractivity contribution >= 4 is 33.1 Å². The first kappa shape index (κ1) is 17.1. The molecule has 0 N–H and O–H groups in total. The van der Waals surface area contributed by atoms with Gasteiger partial charge in [0.15, 0.2) is 0 Å². The van der Waals surface area contributed by atoms with Gasteiger partial charge in [0.05, 0.1) is 40.4 Å². The van der Waals surface area contributed by atoms with E-state index < -0.39 is 15.6 Å². The van der Waals surface area contributed by atoms with E-state index in [0.29, 0.717) is 31.3 Å². The highest BCUT2D eigenvalue weighted by atomic mass is 35.5. The predicted molar refractivity (Wildman–Crippen MR) is 85.5 cm³/mol. The predicted octanol–water partition coefficient (Wildman–Crippen LogP) is 1.50. The molecule has 7 nitrogen and oxygen atoms in total. The fourth-order valence-electron chi connectivity index (χ4n) is 2.32. The van der Waals surface area contributed by atoms with Crippen LogP contribution in [0, 0.1) is 0 Å². The molecule has 2 heterocycles. The van der Waals surface area contributed by atoms with Crippen LogP contribution in [0.1, 0.15) is 19.5 Å². The van der Waals surface area contributed by atoms with Crippen molar-refractivity contribution in [2.24, 2.45) is 4.36 Å². The Morgan fingerprint density at radius 3 is 2.95 bits per heavy atom. The Labute approximate surface area is 135 Å². The molecule has 9 heteroatoms. The normalized spacial score (nSPS) is 21.3. The van der Waals surface area contributed by atoms with Crippen molar-refractivity contribution < 1.29 is 13.7 Å². The molecule has 1 aliphatic rings. The van der Waals surface area contributed by atoms with Gasteiger partial charge in [-0.3, -0.25) is 4.79 Å². The van der Waals surface area contributed by atoms with Crippen LogP contribution in [0.4, 0.5) is 5.82 Å². The van der Waals surface area contributed by atoms with Crippen LogP contribution in [0.15, 0.2) is 10.4 Å². The number of carbonyl (C=O) groups excluding carboxylic acids is 1. The molecule has 1 amide bonds. The standard InChI is InChI=1S/C13H19ClN4O3S/c1-9-7-21-5-4-18(9)12-6-11(15-13(14)16-12)8-22(3,20)17-10(2)19/h6,9H,4-5,7-8H2,1-3H3/t9-,22-/m1/s1. The van der Waals surface area contributed by atoms with Gasteiger partial charge in [0.25, 0.3) is 5.91 Å². The highest BCUT2D eigenvalue weighted by Gasteiger charge is 2.21. The monoisotopic (exact) mass is 346 g/mol. The largest absolute Gasteiger partial charge is 0.377 e. The maximum Gasteiger partial charge on any atom is 0.250 e. The van der Waals surface area contributed by atoms with Gasteiger partial charge >= 0.3 is 0 Å². The van der Waals surface area contributed by atoms with E-state index in [1.165, 1.54) is 13.2 Å². The van der Waals surface area contributed by atoms with Gasteiger partial charge in [-0.1, -0.05) is 0 Å². The van der Waals surface area contributed by atoms with E-state index in [1.807, 2.05) is 6.92 Å². The number of aromatic nitrogens is 2. The minimum Gasteiger partial charge on any atom is -0.377 e. The van der Waals surface area contributed by atoms with Crippen LogP contribution in [0.3, 0.4) is 0 Å². The Morgan fingerprint density at radius 1 is 1.59 bits per heavy atom. The van der Waals surface area contributed by atoms with E-state index in [-0.39, 0.29) is 17.1 Å². The summed E-state index contributed by atoms with van der Waals surface area (Å²) in [5.41, 5.74) is 0.506. The summed E-state index contributed by atoms with van der Waals surface area (Å²) in [5, 5.41) is 0.0872. The van der Waals surface area contributed by atoms with Gasteiger partial charge in [0.2, 0.25) is 5.28 Å². The van der Waals surface area contributed by atoms with Gasteiger partial charge < -0.3 is 9.64 Å². The van der Waals surface area contributed by atoms with Crippen molar-refractivity contribution in [3.05, 3.63) is 17.0 Å². The highest BCUT2D eigenvalue weighted by molar-refractivity contribution is 7.92.